The molecule has 1 saturated heterocycles. The molecule has 0 aromatic carbocycles. The summed E-state index contributed by atoms with van der Waals surface area (Å²) in [5, 5.41) is 7.13. The highest BCUT2D eigenvalue weighted by Gasteiger charge is 2.31. The molecular weight excluding hydrogens is 278 g/mol. The van der Waals surface area contributed by atoms with E-state index in [0.717, 1.165) is 19.4 Å². The summed E-state index contributed by atoms with van der Waals surface area (Å²) in [7, 11) is -3.53. The first kappa shape index (κ1) is 15.5. The highest BCUT2D eigenvalue weighted by molar-refractivity contribution is 7.89. The normalized spacial score (nSPS) is 20.5. The van der Waals surface area contributed by atoms with E-state index in [-0.39, 0.29) is 10.9 Å². The first-order valence-corrected chi connectivity index (χ1v) is 8.57. The summed E-state index contributed by atoms with van der Waals surface area (Å²) in [6.07, 6.45) is 3.34. The number of aromatic nitrogens is 1. The highest BCUT2D eigenvalue weighted by Crippen LogP contribution is 2.24. The monoisotopic (exact) mass is 301 g/mol. The summed E-state index contributed by atoms with van der Waals surface area (Å²) in [6.45, 7) is 7.08. The minimum atomic E-state index is -3.53. The summed E-state index contributed by atoms with van der Waals surface area (Å²) in [5.41, 5.74) is 0.428. The molecule has 1 aromatic heterocycles. The van der Waals surface area contributed by atoms with Crippen LogP contribution in [0.3, 0.4) is 0 Å². The van der Waals surface area contributed by atoms with E-state index in [1.165, 1.54) is 10.7 Å². The number of rotatable bonds is 5. The van der Waals surface area contributed by atoms with Gasteiger partial charge in [0.05, 0.1) is 0 Å². The zero-order valence-corrected chi connectivity index (χ0v) is 13.2. The van der Waals surface area contributed by atoms with Gasteiger partial charge in [0.25, 0.3) is 0 Å². The Labute approximate surface area is 120 Å². The second-order valence-electron chi connectivity index (χ2n) is 5.26. The maximum Gasteiger partial charge on any atom is 0.248 e. The predicted octanol–water partition coefficient (Wildman–Crippen LogP) is 1.44. The van der Waals surface area contributed by atoms with E-state index in [2.05, 4.69) is 10.5 Å². The second kappa shape index (κ2) is 6.24. The molecule has 1 aliphatic heterocycles. The fraction of sp³-hybridized carbons (Fsp3) is 0.769. The average molecular weight is 301 g/mol. The highest BCUT2D eigenvalue weighted by atomic mass is 32.2. The second-order valence-corrected chi connectivity index (χ2v) is 7.13. The Morgan fingerprint density at radius 3 is 2.65 bits per heavy atom. The molecule has 1 aliphatic rings. The molecule has 20 heavy (non-hydrogen) atoms. The van der Waals surface area contributed by atoms with Gasteiger partial charge in [-0.3, -0.25) is 0 Å². The molecule has 0 saturated carbocycles. The third-order valence-corrected chi connectivity index (χ3v) is 5.94. The first-order valence-electron chi connectivity index (χ1n) is 7.13. The summed E-state index contributed by atoms with van der Waals surface area (Å²) < 4.78 is 32.0. The zero-order valence-electron chi connectivity index (χ0n) is 12.3. The molecule has 7 heteroatoms. The molecule has 1 aromatic rings. The van der Waals surface area contributed by atoms with Gasteiger partial charge in [0.2, 0.25) is 10.0 Å². The first-order chi connectivity index (χ1) is 9.46. The zero-order chi connectivity index (χ0) is 14.8. The van der Waals surface area contributed by atoms with E-state index >= 15 is 0 Å². The molecule has 0 spiro atoms. The molecule has 1 atom stereocenters. The number of nitrogens with one attached hydrogen (secondary N) is 1. The van der Waals surface area contributed by atoms with Crippen molar-refractivity contribution >= 4 is 10.0 Å². The Morgan fingerprint density at radius 1 is 1.40 bits per heavy atom. The third kappa shape index (κ3) is 3.05. The molecule has 1 N–H and O–H groups in total. The molecule has 2 rings (SSSR count). The van der Waals surface area contributed by atoms with Crippen molar-refractivity contribution < 1.29 is 12.9 Å². The summed E-state index contributed by atoms with van der Waals surface area (Å²) in [5.74, 6) is 0.359. The van der Waals surface area contributed by atoms with Gasteiger partial charge in [-0.2, -0.15) is 4.31 Å². The number of piperidine rings is 1. The molecule has 114 valence electrons. The van der Waals surface area contributed by atoms with Crippen molar-refractivity contribution in [1.29, 1.82) is 0 Å². The number of likely N-dealkylation sites (N-methyl/N-ethyl adjacent to an activating group) is 1. The number of hydrogen-bond acceptors (Lipinski definition) is 5. The van der Waals surface area contributed by atoms with Gasteiger partial charge in [0.15, 0.2) is 5.76 Å². The maximum atomic E-state index is 12.7. The van der Waals surface area contributed by atoms with Gasteiger partial charge in [-0.1, -0.05) is 18.5 Å². The molecule has 0 amide bonds. The van der Waals surface area contributed by atoms with Gasteiger partial charge in [0.1, 0.15) is 10.6 Å². The van der Waals surface area contributed by atoms with Gasteiger partial charge >= 0.3 is 0 Å². The van der Waals surface area contributed by atoms with Crippen molar-refractivity contribution in [3.63, 3.8) is 0 Å². The van der Waals surface area contributed by atoms with Crippen LogP contribution >= 0.6 is 0 Å². The number of aryl methyl sites for hydroxylation is 2. The number of sulfonamides is 1. The minimum absolute atomic E-state index is 0.218. The van der Waals surface area contributed by atoms with Crippen molar-refractivity contribution in [2.24, 2.45) is 0 Å². The summed E-state index contributed by atoms with van der Waals surface area (Å²) in [6, 6.07) is 0.235. The van der Waals surface area contributed by atoms with E-state index in [1.807, 2.05) is 6.92 Å². The van der Waals surface area contributed by atoms with Crippen LogP contribution in [0.15, 0.2) is 9.42 Å². The lowest BCUT2D eigenvalue weighted by molar-refractivity contribution is 0.319. The van der Waals surface area contributed by atoms with Gasteiger partial charge in [-0.05, 0) is 33.2 Å². The van der Waals surface area contributed by atoms with Crippen molar-refractivity contribution in [2.45, 2.75) is 51.0 Å². The van der Waals surface area contributed by atoms with Crippen molar-refractivity contribution in [3.8, 4) is 0 Å². The lowest BCUT2D eigenvalue weighted by atomic mass is 10.1. The van der Waals surface area contributed by atoms with E-state index in [4.69, 9.17) is 4.52 Å². The van der Waals surface area contributed by atoms with Gasteiger partial charge in [0, 0.05) is 19.1 Å². The van der Waals surface area contributed by atoms with Crippen LogP contribution in [0.1, 0.15) is 37.6 Å². The van der Waals surface area contributed by atoms with Gasteiger partial charge in [-0.25, -0.2) is 8.42 Å². The van der Waals surface area contributed by atoms with Crippen molar-refractivity contribution in [2.75, 3.05) is 19.6 Å². The quantitative estimate of drug-likeness (QED) is 0.890. The summed E-state index contributed by atoms with van der Waals surface area (Å²) >= 11 is 0. The standard InChI is InChI=1S/C13H23N3O3S/c1-4-16(9-12-7-5-6-8-14-12)20(17,18)13-10(2)15-19-11(13)3/h12,14H,4-9H2,1-3H3. The fourth-order valence-corrected chi connectivity index (χ4v) is 4.48. The molecule has 6 nitrogen and oxygen atoms in total. The Kier molecular flexibility index (Phi) is 4.82. The average Bonchev–Trinajstić information content (AvgIpc) is 2.77. The van der Waals surface area contributed by atoms with Crippen LogP contribution < -0.4 is 5.32 Å². The molecule has 1 unspecified atom stereocenters. The third-order valence-electron chi connectivity index (χ3n) is 3.75. The Bertz CT molecular complexity index is 528. The molecule has 0 radical (unpaired) electrons. The van der Waals surface area contributed by atoms with Crippen molar-refractivity contribution in [3.05, 3.63) is 11.5 Å². The van der Waals surface area contributed by atoms with Crippen LogP contribution in [0.2, 0.25) is 0 Å². The smallest absolute Gasteiger partial charge is 0.248 e. The Balaban J connectivity index is 2.21. The van der Waals surface area contributed by atoms with Crippen LogP contribution in [-0.4, -0.2) is 43.6 Å². The molecule has 1 fully saturated rings. The fourth-order valence-electron chi connectivity index (χ4n) is 2.69. The lowest BCUT2D eigenvalue weighted by Crippen LogP contribution is -2.45. The van der Waals surface area contributed by atoms with E-state index in [0.29, 0.717) is 24.5 Å². The predicted molar refractivity (Wildman–Crippen MR) is 76.1 cm³/mol. The van der Waals surface area contributed by atoms with E-state index in [1.54, 1.807) is 13.8 Å². The Morgan fingerprint density at radius 2 is 2.15 bits per heavy atom. The Hall–Kier alpha value is -0.920. The SMILES string of the molecule is CCN(CC1CCCCN1)S(=O)(=O)c1c(C)noc1C. The van der Waals surface area contributed by atoms with Crippen LogP contribution in [0.4, 0.5) is 0 Å². The van der Waals surface area contributed by atoms with Crippen LogP contribution in [0.25, 0.3) is 0 Å². The van der Waals surface area contributed by atoms with E-state index < -0.39 is 10.0 Å². The molecule has 0 aliphatic carbocycles. The largest absolute Gasteiger partial charge is 0.360 e. The number of nitrogens with zero attached hydrogens (tertiary/aromatic N) is 2. The van der Waals surface area contributed by atoms with Gasteiger partial charge < -0.3 is 9.84 Å². The van der Waals surface area contributed by atoms with Gasteiger partial charge in [-0.15, -0.1) is 0 Å². The number of hydrogen-bond donors (Lipinski definition) is 1. The maximum absolute atomic E-state index is 12.7. The minimum Gasteiger partial charge on any atom is -0.360 e. The van der Waals surface area contributed by atoms with Crippen LogP contribution in [0.5, 0.6) is 0 Å². The lowest BCUT2D eigenvalue weighted by Gasteiger charge is -2.29. The topological polar surface area (TPSA) is 75.4 Å². The van der Waals surface area contributed by atoms with Crippen LogP contribution in [-0.2, 0) is 10.0 Å². The molecule has 0 bridgehead atoms. The van der Waals surface area contributed by atoms with Crippen molar-refractivity contribution in [1.82, 2.24) is 14.8 Å². The van der Waals surface area contributed by atoms with E-state index in [9.17, 15) is 8.42 Å². The van der Waals surface area contributed by atoms with Crippen LogP contribution in [0, 0.1) is 13.8 Å². The molecule has 2 heterocycles. The summed E-state index contributed by atoms with van der Waals surface area (Å²) in [4.78, 5) is 0.218. The molecular formula is C13H23N3O3S.